The number of piperidine rings is 1. The summed E-state index contributed by atoms with van der Waals surface area (Å²) in [7, 11) is 2.24. The first-order valence-corrected chi connectivity index (χ1v) is 11.0. The third-order valence-corrected chi connectivity index (χ3v) is 6.86. The van der Waals surface area contributed by atoms with Gasteiger partial charge in [0.25, 0.3) is 0 Å². The molecule has 2 saturated heterocycles. The van der Waals surface area contributed by atoms with E-state index >= 15 is 0 Å². The molecule has 32 heavy (non-hydrogen) atoms. The first-order chi connectivity index (χ1) is 15.3. The summed E-state index contributed by atoms with van der Waals surface area (Å²) < 4.78 is 11.8. The Morgan fingerprint density at radius 2 is 1.88 bits per heavy atom. The molecule has 2 aliphatic heterocycles. The molecule has 2 aliphatic rings. The lowest BCUT2D eigenvalue weighted by atomic mass is 9.79. The Balaban J connectivity index is 0.000000312. The van der Waals surface area contributed by atoms with E-state index in [2.05, 4.69) is 18.0 Å². The van der Waals surface area contributed by atoms with Gasteiger partial charge in [-0.1, -0.05) is 29.3 Å². The number of nitrogens with zero attached hydrogens (tertiary/aromatic N) is 1. The molecule has 0 radical (unpaired) electrons. The summed E-state index contributed by atoms with van der Waals surface area (Å²) in [6.07, 6.45) is 6.48. The topological polar surface area (TPSA) is 100 Å². The van der Waals surface area contributed by atoms with Gasteiger partial charge in [-0.3, -0.25) is 0 Å². The predicted octanol–water partition coefficient (Wildman–Crippen LogP) is 4.94. The quantitative estimate of drug-likeness (QED) is 0.563. The highest BCUT2D eigenvalue weighted by molar-refractivity contribution is 6.42. The van der Waals surface area contributed by atoms with Crippen LogP contribution in [0.15, 0.2) is 53.2 Å². The second-order valence-electron chi connectivity index (χ2n) is 7.86. The van der Waals surface area contributed by atoms with E-state index in [0.717, 1.165) is 12.2 Å². The number of carboxylic acids is 2. The Morgan fingerprint density at radius 3 is 2.50 bits per heavy atom. The third kappa shape index (κ3) is 5.85. The molecular formula is C23H25Cl2NO6. The average Bonchev–Trinajstić information content (AvgIpc) is 3.36. The number of halogens is 2. The monoisotopic (exact) mass is 481 g/mol. The van der Waals surface area contributed by atoms with Gasteiger partial charge < -0.3 is 24.3 Å². The lowest BCUT2D eigenvalue weighted by Gasteiger charge is -2.42. The van der Waals surface area contributed by atoms with Gasteiger partial charge in [0, 0.05) is 36.1 Å². The summed E-state index contributed by atoms with van der Waals surface area (Å²) in [6, 6.07) is 10.8. The fourth-order valence-electron chi connectivity index (χ4n) is 4.56. The van der Waals surface area contributed by atoms with Crippen LogP contribution in [-0.2, 0) is 9.59 Å². The summed E-state index contributed by atoms with van der Waals surface area (Å²) >= 11 is 12.4. The van der Waals surface area contributed by atoms with Gasteiger partial charge >= 0.3 is 11.9 Å². The van der Waals surface area contributed by atoms with Crippen LogP contribution in [0.25, 0.3) is 0 Å². The molecule has 0 aliphatic carbocycles. The number of furan rings is 1. The lowest BCUT2D eigenvalue weighted by Crippen LogP contribution is -2.47. The van der Waals surface area contributed by atoms with Crippen molar-refractivity contribution in [1.82, 2.24) is 4.90 Å². The van der Waals surface area contributed by atoms with Gasteiger partial charge in [0.2, 0.25) is 0 Å². The van der Waals surface area contributed by atoms with Crippen LogP contribution in [0, 0.1) is 5.92 Å². The van der Waals surface area contributed by atoms with Crippen molar-refractivity contribution in [1.29, 1.82) is 0 Å². The van der Waals surface area contributed by atoms with Gasteiger partial charge in [0.05, 0.1) is 17.9 Å². The van der Waals surface area contributed by atoms with Crippen molar-refractivity contribution in [3.8, 4) is 5.75 Å². The van der Waals surface area contributed by atoms with Crippen LogP contribution < -0.4 is 4.74 Å². The van der Waals surface area contributed by atoms with Crippen molar-refractivity contribution in [2.45, 2.75) is 37.3 Å². The molecule has 0 spiro atoms. The van der Waals surface area contributed by atoms with Gasteiger partial charge in [-0.2, -0.15) is 0 Å². The van der Waals surface area contributed by atoms with Crippen LogP contribution in [0.1, 0.15) is 30.9 Å². The first-order valence-electron chi connectivity index (χ1n) is 10.2. The normalized spacial score (nSPS) is 24.7. The molecule has 4 rings (SSSR count). The molecule has 7 nitrogen and oxygen atoms in total. The number of hydrogen-bond acceptors (Lipinski definition) is 5. The summed E-state index contributed by atoms with van der Waals surface area (Å²) in [6.45, 7) is 0.618. The second kappa shape index (κ2) is 10.9. The van der Waals surface area contributed by atoms with E-state index in [4.69, 9.17) is 42.6 Å². The molecule has 2 N–H and O–H groups in total. The molecule has 3 heterocycles. The maximum absolute atomic E-state index is 9.55. The maximum Gasteiger partial charge on any atom is 0.328 e. The van der Waals surface area contributed by atoms with E-state index in [1.807, 2.05) is 18.2 Å². The highest BCUT2D eigenvalue weighted by Gasteiger charge is 2.47. The third-order valence-electron chi connectivity index (χ3n) is 6.06. The zero-order valence-corrected chi connectivity index (χ0v) is 19.0. The molecule has 2 fully saturated rings. The lowest BCUT2D eigenvalue weighted by molar-refractivity contribution is -0.134. The molecule has 9 heteroatoms. The smallest absolute Gasteiger partial charge is 0.328 e. The molecular weight excluding hydrogens is 457 g/mol. The Labute approximate surface area is 196 Å². The van der Waals surface area contributed by atoms with Gasteiger partial charge in [-0.15, -0.1) is 0 Å². The minimum Gasteiger partial charge on any atom is -0.492 e. The van der Waals surface area contributed by atoms with Crippen LogP contribution in [0.3, 0.4) is 0 Å². The van der Waals surface area contributed by atoms with Crippen LogP contribution >= 0.6 is 23.2 Å². The van der Waals surface area contributed by atoms with Crippen LogP contribution in [-0.4, -0.2) is 52.8 Å². The minimum atomic E-state index is -1.26. The fourth-order valence-corrected chi connectivity index (χ4v) is 4.90. The summed E-state index contributed by atoms with van der Waals surface area (Å²) in [4.78, 5) is 21.6. The van der Waals surface area contributed by atoms with Gasteiger partial charge in [-0.25, -0.2) is 9.59 Å². The molecule has 172 valence electrons. The predicted molar refractivity (Wildman–Crippen MR) is 120 cm³/mol. The Bertz CT molecular complexity index is 945. The van der Waals surface area contributed by atoms with Crippen molar-refractivity contribution < 1.29 is 29.0 Å². The highest BCUT2D eigenvalue weighted by atomic mass is 35.5. The van der Waals surface area contributed by atoms with E-state index < -0.39 is 11.9 Å². The number of carbonyl (C=O) groups is 2. The molecule has 2 bridgehead atoms. The van der Waals surface area contributed by atoms with Crippen molar-refractivity contribution in [2.75, 3.05) is 13.7 Å². The van der Waals surface area contributed by atoms with E-state index in [-0.39, 0.29) is 0 Å². The zero-order valence-electron chi connectivity index (χ0n) is 17.5. The van der Waals surface area contributed by atoms with Crippen molar-refractivity contribution in [3.05, 3.63) is 64.6 Å². The standard InChI is InChI=1S/C19H21Cl2NO2.C4H4O4/c1-22-12-7-8-16(22)14(13(10-12)17-6-3-9-23-17)11-24-18-5-2-4-15(20)19(18)21;5-3(6)1-2-4(7)8/h2-6,9,12-14,16H,7-8,10-11H2,1H3;1-2H,(H,5,6)(H,7,8)/b;2-1+/t12?,13-,14+,16?;/m0./s1. The van der Waals surface area contributed by atoms with E-state index in [9.17, 15) is 9.59 Å². The Hall–Kier alpha value is -2.48. The number of hydrogen-bond donors (Lipinski definition) is 2. The van der Waals surface area contributed by atoms with Crippen molar-refractivity contribution in [3.63, 3.8) is 0 Å². The molecule has 2 aromatic rings. The largest absolute Gasteiger partial charge is 0.492 e. The SMILES string of the molecule is CN1C2CCC1[C@H](COc1cccc(Cl)c1Cl)[C@@H](c1ccco1)C2.O=C(O)/C=C/C(=O)O. The Kier molecular flexibility index (Phi) is 8.23. The number of benzene rings is 1. The van der Waals surface area contributed by atoms with Gasteiger partial charge in [-0.05, 0) is 50.6 Å². The van der Waals surface area contributed by atoms with E-state index in [1.165, 1.54) is 12.8 Å². The van der Waals surface area contributed by atoms with E-state index in [0.29, 0.717) is 58.5 Å². The molecule has 1 aromatic heterocycles. The van der Waals surface area contributed by atoms with E-state index in [1.54, 1.807) is 12.3 Å². The molecule has 0 saturated carbocycles. The summed E-state index contributed by atoms with van der Waals surface area (Å²) in [5, 5.41) is 16.6. The minimum absolute atomic E-state index is 0.384. The fraction of sp³-hybridized carbons (Fsp3) is 0.391. The number of fused-ring (bicyclic) bond motifs is 2. The van der Waals surface area contributed by atoms with Crippen molar-refractivity contribution >= 4 is 35.1 Å². The maximum atomic E-state index is 9.55. The summed E-state index contributed by atoms with van der Waals surface area (Å²) in [5.41, 5.74) is 0. The molecule has 1 aromatic carbocycles. The number of rotatable bonds is 6. The molecule has 4 atom stereocenters. The van der Waals surface area contributed by atoms with Crippen LogP contribution in [0.4, 0.5) is 0 Å². The molecule has 0 amide bonds. The van der Waals surface area contributed by atoms with Gasteiger partial charge in [0.1, 0.15) is 16.5 Å². The van der Waals surface area contributed by atoms with Crippen molar-refractivity contribution in [2.24, 2.45) is 5.92 Å². The zero-order chi connectivity index (χ0) is 23.3. The van der Waals surface area contributed by atoms with Crippen LogP contribution in [0.2, 0.25) is 10.0 Å². The highest BCUT2D eigenvalue weighted by Crippen LogP contribution is 2.46. The Morgan fingerprint density at radius 1 is 1.16 bits per heavy atom. The average molecular weight is 482 g/mol. The van der Waals surface area contributed by atoms with Crippen LogP contribution in [0.5, 0.6) is 5.75 Å². The summed E-state index contributed by atoms with van der Waals surface area (Å²) in [5.74, 6) is -0.00247. The number of ether oxygens (including phenoxy) is 1. The molecule has 2 unspecified atom stereocenters. The second-order valence-corrected chi connectivity index (χ2v) is 8.64. The number of carboxylic acid groups (broad SMARTS) is 2. The first kappa shape index (κ1) is 24.2. The van der Waals surface area contributed by atoms with Gasteiger partial charge in [0.15, 0.2) is 0 Å². The number of aliphatic carboxylic acids is 2.